The molecule has 2 heteroatoms. The number of allylic oxidation sites excluding steroid dienone is 1. The highest BCUT2D eigenvalue weighted by Gasteiger charge is 2.20. The van der Waals surface area contributed by atoms with Gasteiger partial charge in [0.2, 0.25) is 0 Å². The Morgan fingerprint density at radius 1 is 0.860 bits per heavy atom. The van der Waals surface area contributed by atoms with Gasteiger partial charge in [-0.15, -0.1) is 0 Å². The van der Waals surface area contributed by atoms with E-state index in [2.05, 4.69) is 131 Å². The van der Waals surface area contributed by atoms with Crippen LogP contribution in [-0.2, 0) is 32.2 Å². The van der Waals surface area contributed by atoms with Gasteiger partial charge in [-0.25, -0.2) is 4.98 Å². The number of hydrogen-bond donors (Lipinski definition) is 0. The number of hydrogen-bond acceptors (Lipinski definition) is 1. The third-order valence-electron chi connectivity index (χ3n) is 8.48. The Morgan fingerprint density at radius 3 is 2.19 bits per heavy atom. The topological polar surface area (TPSA) is 17.8 Å². The van der Waals surface area contributed by atoms with Crippen molar-refractivity contribution in [2.24, 2.45) is 0 Å². The Labute approximate surface area is 264 Å². The molecule has 1 heterocycles. The molecule has 0 radical (unpaired) electrons. The van der Waals surface area contributed by atoms with Crippen LogP contribution in [0.5, 0.6) is 0 Å². The maximum absolute atomic E-state index is 4.57. The Hall–Kier alpha value is -3.39. The van der Waals surface area contributed by atoms with E-state index in [1.165, 1.54) is 72.0 Å². The van der Waals surface area contributed by atoms with Gasteiger partial charge in [0.15, 0.2) is 0 Å². The Bertz CT molecular complexity index is 1380. The number of fused-ring (bicyclic) bond motifs is 1. The molecule has 0 saturated carbocycles. The van der Waals surface area contributed by atoms with Crippen LogP contribution >= 0.6 is 0 Å². The molecule has 1 unspecified atom stereocenters. The number of nitrogens with zero attached hydrogens (tertiary/aromatic N) is 2. The van der Waals surface area contributed by atoms with Gasteiger partial charge in [-0.05, 0) is 98.1 Å². The van der Waals surface area contributed by atoms with Gasteiger partial charge >= 0.3 is 0 Å². The quantitative estimate of drug-likeness (QED) is 0.193. The first kappa shape index (κ1) is 35.8. The second-order valence-corrected chi connectivity index (χ2v) is 11.4. The molecule has 0 saturated heterocycles. The van der Waals surface area contributed by atoms with E-state index in [1.54, 1.807) is 11.1 Å². The summed E-state index contributed by atoms with van der Waals surface area (Å²) >= 11 is 0. The van der Waals surface area contributed by atoms with Crippen LogP contribution in [0.4, 0.5) is 0 Å². The monoisotopic (exact) mass is 578 g/mol. The van der Waals surface area contributed by atoms with Crippen LogP contribution in [0, 0.1) is 6.92 Å². The van der Waals surface area contributed by atoms with Crippen molar-refractivity contribution >= 4 is 6.08 Å². The summed E-state index contributed by atoms with van der Waals surface area (Å²) < 4.78 is 2.36. The average Bonchev–Trinajstić information content (AvgIpc) is 3.65. The Morgan fingerprint density at radius 2 is 1.56 bits per heavy atom. The third-order valence-corrected chi connectivity index (χ3v) is 8.48. The maximum Gasteiger partial charge on any atom is 0.140 e. The SMILES string of the molecule is C.C/C=C\c1cc(CC)ccc1C.CCCCn1c(CC)cnc1-c1ccccc1.CCc1ccc2c(c1)CCC2CC. The van der Waals surface area contributed by atoms with E-state index < -0.39 is 0 Å². The first-order chi connectivity index (χ1) is 20.5. The van der Waals surface area contributed by atoms with Gasteiger partial charge in [-0.2, -0.15) is 0 Å². The van der Waals surface area contributed by atoms with Gasteiger partial charge in [-0.1, -0.05) is 127 Å². The molecule has 0 fully saturated rings. The summed E-state index contributed by atoms with van der Waals surface area (Å²) in [6.07, 6.45) is 16.0. The summed E-state index contributed by atoms with van der Waals surface area (Å²) in [6.45, 7) is 16.4. The molecule has 4 aromatic rings. The summed E-state index contributed by atoms with van der Waals surface area (Å²) in [6, 6.07) is 24.1. The Balaban J connectivity index is 0.000000227. The summed E-state index contributed by atoms with van der Waals surface area (Å²) in [5, 5.41) is 0. The van der Waals surface area contributed by atoms with Gasteiger partial charge in [0.1, 0.15) is 5.82 Å². The zero-order valence-corrected chi connectivity index (χ0v) is 27.4. The van der Waals surface area contributed by atoms with Crippen molar-refractivity contribution in [1.82, 2.24) is 9.55 Å². The fraction of sp³-hybridized carbons (Fsp3) is 0.439. The van der Waals surface area contributed by atoms with Gasteiger partial charge in [0, 0.05) is 24.0 Å². The lowest BCUT2D eigenvalue weighted by Gasteiger charge is -2.10. The Kier molecular flexibility index (Phi) is 15.8. The van der Waals surface area contributed by atoms with Crippen molar-refractivity contribution in [3.8, 4) is 11.4 Å². The molecule has 1 aliphatic carbocycles. The largest absolute Gasteiger partial charge is 0.328 e. The van der Waals surface area contributed by atoms with Crippen molar-refractivity contribution in [2.45, 2.75) is 120 Å². The predicted molar refractivity (Wildman–Crippen MR) is 191 cm³/mol. The minimum absolute atomic E-state index is 0. The molecule has 2 nitrogen and oxygen atoms in total. The molecular weight excluding hydrogens is 520 g/mol. The number of imidazole rings is 1. The van der Waals surface area contributed by atoms with Crippen LogP contribution < -0.4 is 0 Å². The minimum Gasteiger partial charge on any atom is -0.328 e. The van der Waals surface area contributed by atoms with Crippen LogP contribution in [0.2, 0.25) is 0 Å². The lowest BCUT2D eigenvalue weighted by molar-refractivity contribution is 0.616. The number of aryl methyl sites for hydroxylation is 5. The fourth-order valence-electron chi connectivity index (χ4n) is 5.75. The van der Waals surface area contributed by atoms with Gasteiger partial charge in [-0.3, -0.25) is 0 Å². The van der Waals surface area contributed by atoms with Crippen LogP contribution in [-0.4, -0.2) is 9.55 Å². The smallest absolute Gasteiger partial charge is 0.140 e. The summed E-state index contributed by atoms with van der Waals surface area (Å²) in [5.41, 5.74) is 11.4. The van der Waals surface area contributed by atoms with Crippen molar-refractivity contribution in [1.29, 1.82) is 0 Å². The molecule has 232 valence electrons. The standard InChI is InChI=1S/C15H20N2.C13H18.C12H16.CH4/c1-3-5-11-17-14(4-2)12-16-15(17)13-9-7-6-8-10-13;1-3-10-5-8-13-11(4-2)6-7-12(13)9-10;1-4-6-12-9-11(5-2)8-7-10(12)3;/h6-10,12H,3-5,11H2,1-2H3;5,8-9,11H,3-4,6-7H2,1-2H3;4,6-9H,5H2,1-3H3;1H4/b;;6-4-;. The molecule has 1 aromatic heterocycles. The molecule has 3 aromatic carbocycles. The molecular formula is C41H58N2. The van der Waals surface area contributed by atoms with E-state index in [4.69, 9.17) is 0 Å². The molecule has 0 bridgehead atoms. The number of rotatable bonds is 9. The van der Waals surface area contributed by atoms with Crippen LogP contribution in [0.3, 0.4) is 0 Å². The number of aromatic nitrogens is 2. The molecule has 0 amide bonds. The van der Waals surface area contributed by atoms with Gasteiger partial charge < -0.3 is 4.57 Å². The molecule has 0 N–H and O–H groups in total. The van der Waals surface area contributed by atoms with E-state index in [1.807, 2.05) is 12.3 Å². The summed E-state index contributed by atoms with van der Waals surface area (Å²) in [4.78, 5) is 4.57. The molecule has 43 heavy (non-hydrogen) atoms. The molecule has 0 spiro atoms. The summed E-state index contributed by atoms with van der Waals surface area (Å²) in [7, 11) is 0. The molecule has 1 atom stereocenters. The molecule has 5 rings (SSSR count). The van der Waals surface area contributed by atoms with E-state index >= 15 is 0 Å². The number of unbranched alkanes of at least 4 members (excludes halogenated alkanes) is 1. The highest BCUT2D eigenvalue weighted by molar-refractivity contribution is 5.56. The summed E-state index contributed by atoms with van der Waals surface area (Å²) in [5.74, 6) is 1.96. The number of benzene rings is 3. The van der Waals surface area contributed by atoms with Crippen LogP contribution in [0.15, 0.2) is 79.0 Å². The van der Waals surface area contributed by atoms with Crippen molar-refractivity contribution < 1.29 is 0 Å². The molecule has 0 aliphatic heterocycles. The van der Waals surface area contributed by atoms with E-state index in [0.29, 0.717) is 0 Å². The predicted octanol–water partition coefficient (Wildman–Crippen LogP) is 11.8. The van der Waals surface area contributed by atoms with Gasteiger partial charge in [0.25, 0.3) is 0 Å². The van der Waals surface area contributed by atoms with Crippen molar-refractivity contribution in [3.63, 3.8) is 0 Å². The zero-order valence-electron chi connectivity index (χ0n) is 27.4. The highest BCUT2D eigenvalue weighted by Crippen LogP contribution is 2.35. The lowest BCUT2D eigenvalue weighted by atomic mass is 9.97. The molecule has 1 aliphatic rings. The average molecular weight is 579 g/mol. The van der Waals surface area contributed by atoms with E-state index in [9.17, 15) is 0 Å². The maximum atomic E-state index is 4.57. The first-order valence-electron chi connectivity index (χ1n) is 16.4. The second-order valence-electron chi connectivity index (χ2n) is 11.4. The minimum atomic E-state index is 0. The fourth-order valence-corrected chi connectivity index (χ4v) is 5.75. The lowest BCUT2D eigenvalue weighted by Crippen LogP contribution is -2.04. The van der Waals surface area contributed by atoms with E-state index in [-0.39, 0.29) is 7.43 Å². The normalized spacial score (nSPS) is 13.4. The van der Waals surface area contributed by atoms with Crippen LogP contribution in [0.25, 0.3) is 17.5 Å². The van der Waals surface area contributed by atoms with Gasteiger partial charge in [0.05, 0.1) is 0 Å². The van der Waals surface area contributed by atoms with Crippen LogP contribution in [0.1, 0.15) is 120 Å². The van der Waals surface area contributed by atoms with E-state index in [0.717, 1.165) is 31.1 Å². The second kappa shape index (κ2) is 19.0. The zero-order chi connectivity index (χ0) is 30.3. The van der Waals surface area contributed by atoms with Crippen molar-refractivity contribution in [2.75, 3.05) is 0 Å². The third kappa shape index (κ3) is 10.1. The first-order valence-corrected chi connectivity index (χ1v) is 16.4. The van der Waals surface area contributed by atoms with Crippen molar-refractivity contribution in [3.05, 3.63) is 118 Å². The highest BCUT2D eigenvalue weighted by atomic mass is 15.1.